The first-order chi connectivity index (χ1) is 5.11. The molecule has 2 bridgehead atoms. The third-order valence-electron chi connectivity index (χ3n) is 4.21. The molecule has 0 spiro atoms. The zero-order chi connectivity index (χ0) is 8.06. The second kappa shape index (κ2) is 2.24. The minimum Gasteiger partial charge on any atom is -0.0622 e. The van der Waals surface area contributed by atoms with Crippen molar-refractivity contribution >= 4 is 0 Å². The lowest BCUT2D eigenvalue weighted by Crippen LogP contribution is -2.22. The van der Waals surface area contributed by atoms with Crippen molar-refractivity contribution in [1.82, 2.24) is 0 Å². The zero-order valence-electron chi connectivity index (χ0n) is 8.06. The monoisotopic (exact) mass is 152 g/mol. The Morgan fingerprint density at radius 1 is 1.09 bits per heavy atom. The summed E-state index contributed by atoms with van der Waals surface area (Å²) in [7, 11) is 0. The van der Waals surface area contributed by atoms with Gasteiger partial charge in [-0.25, -0.2) is 0 Å². The number of hydrogen-bond acceptors (Lipinski definition) is 0. The van der Waals surface area contributed by atoms with Gasteiger partial charge in [-0.3, -0.25) is 0 Å². The van der Waals surface area contributed by atoms with E-state index >= 15 is 0 Å². The predicted octanol–water partition coefficient (Wildman–Crippen LogP) is 3.47. The lowest BCUT2D eigenvalue weighted by atomic mass is 9.73. The van der Waals surface area contributed by atoms with Crippen molar-refractivity contribution in [2.24, 2.45) is 23.2 Å². The van der Waals surface area contributed by atoms with E-state index in [1.54, 1.807) is 0 Å². The highest BCUT2D eigenvalue weighted by molar-refractivity contribution is 4.95. The Hall–Kier alpha value is 0. The molecule has 0 aromatic carbocycles. The Morgan fingerprint density at radius 2 is 1.82 bits per heavy atom. The van der Waals surface area contributed by atoms with Gasteiger partial charge in [0.25, 0.3) is 0 Å². The van der Waals surface area contributed by atoms with Gasteiger partial charge in [0, 0.05) is 0 Å². The minimum absolute atomic E-state index is 0.747. The summed E-state index contributed by atoms with van der Waals surface area (Å²) in [5, 5.41) is 0. The molecular formula is C11H20. The Labute approximate surface area is 70.4 Å². The number of rotatable bonds is 0. The molecule has 0 aromatic heterocycles. The van der Waals surface area contributed by atoms with Gasteiger partial charge >= 0.3 is 0 Å². The van der Waals surface area contributed by atoms with Gasteiger partial charge in [0.15, 0.2) is 0 Å². The number of hydrogen-bond donors (Lipinski definition) is 0. The Morgan fingerprint density at radius 3 is 2.45 bits per heavy atom. The molecule has 2 saturated carbocycles. The Balaban J connectivity index is 2.18. The fourth-order valence-corrected chi connectivity index (χ4v) is 3.54. The second-order valence-electron chi connectivity index (χ2n) is 5.38. The highest BCUT2D eigenvalue weighted by atomic mass is 14.5. The fraction of sp³-hybridized carbons (Fsp3) is 1.00. The van der Waals surface area contributed by atoms with Crippen molar-refractivity contribution in [3.8, 4) is 0 Å². The van der Waals surface area contributed by atoms with Crippen molar-refractivity contribution in [3.05, 3.63) is 0 Å². The summed E-state index contributed by atoms with van der Waals surface area (Å²) in [6, 6.07) is 0. The molecule has 2 rings (SSSR count). The molecule has 0 aromatic rings. The summed E-state index contributed by atoms with van der Waals surface area (Å²) >= 11 is 0. The summed E-state index contributed by atoms with van der Waals surface area (Å²) in [5.74, 6) is 3.09. The van der Waals surface area contributed by atoms with Crippen LogP contribution in [0, 0.1) is 23.2 Å². The van der Waals surface area contributed by atoms with Crippen LogP contribution in [0.3, 0.4) is 0 Å². The SMILES string of the molecule is CC1CCC2(C)CC(C)C1C2. The molecule has 0 N–H and O–H groups in total. The van der Waals surface area contributed by atoms with E-state index in [0.717, 1.165) is 23.2 Å². The van der Waals surface area contributed by atoms with E-state index in [9.17, 15) is 0 Å². The van der Waals surface area contributed by atoms with Crippen LogP contribution in [0.2, 0.25) is 0 Å². The quantitative estimate of drug-likeness (QED) is 0.498. The summed E-state index contributed by atoms with van der Waals surface area (Å²) in [4.78, 5) is 0. The van der Waals surface area contributed by atoms with E-state index < -0.39 is 0 Å². The first-order valence-corrected chi connectivity index (χ1v) is 5.11. The van der Waals surface area contributed by atoms with Crippen molar-refractivity contribution in [2.75, 3.05) is 0 Å². The summed E-state index contributed by atoms with van der Waals surface area (Å²) in [6.45, 7) is 7.40. The Kier molecular flexibility index (Phi) is 1.56. The fourth-order valence-electron chi connectivity index (χ4n) is 3.54. The molecule has 0 nitrogen and oxygen atoms in total. The van der Waals surface area contributed by atoms with Crippen LogP contribution in [0.25, 0.3) is 0 Å². The molecule has 0 heterocycles. The molecule has 11 heavy (non-hydrogen) atoms. The maximum Gasteiger partial charge on any atom is -0.0320 e. The van der Waals surface area contributed by atoms with E-state index in [0.29, 0.717) is 0 Å². The molecule has 0 heteroatoms. The van der Waals surface area contributed by atoms with Crippen LogP contribution < -0.4 is 0 Å². The standard InChI is InChI=1S/C11H20/c1-8-4-5-11(3)6-9(2)10(8)7-11/h8-10H,4-7H2,1-3H3. The maximum atomic E-state index is 2.50. The van der Waals surface area contributed by atoms with Gasteiger partial charge in [0.05, 0.1) is 0 Å². The number of fused-ring (bicyclic) bond motifs is 2. The minimum atomic E-state index is 0.747. The molecule has 2 aliphatic carbocycles. The normalized spacial score (nSPS) is 56.5. The van der Waals surface area contributed by atoms with Gasteiger partial charge in [-0.05, 0) is 48.9 Å². The summed E-state index contributed by atoms with van der Waals surface area (Å²) in [5.41, 5.74) is 0.747. The first-order valence-electron chi connectivity index (χ1n) is 5.11. The van der Waals surface area contributed by atoms with Crippen molar-refractivity contribution in [1.29, 1.82) is 0 Å². The zero-order valence-corrected chi connectivity index (χ0v) is 8.06. The molecule has 64 valence electrons. The summed E-state index contributed by atoms with van der Waals surface area (Å²) in [6.07, 6.45) is 6.01. The van der Waals surface area contributed by atoms with Crippen LogP contribution in [0.4, 0.5) is 0 Å². The lowest BCUT2D eigenvalue weighted by Gasteiger charge is -2.33. The largest absolute Gasteiger partial charge is 0.0622 e. The van der Waals surface area contributed by atoms with E-state index in [4.69, 9.17) is 0 Å². The summed E-state index contributed by atoms with van der Waals surface area (Å²) < 4.78 is 0. The average molecular weight is 152 g/mol. The van der Waals surface area contributed by atoms with Gasteiger partial charge in [-0.15, -0.1) is 0 Å². The van der Waals surface area contributed by atoms with Crippen LogP contribution in [-0.4, -0.2) is 0 Å². The van der Waals surface area contributed by atoms with Crippen LogP contribution in [0.15, 0.2) is 0 Å². The van der Waals surface area contributed by atoms with Gasteiger partial charge in [-0.1, -0.05) is 20.8 Å². The van der Waals surface area contributed by atoms with Crippen molar-refractivity contribution in [2.45, 2.75) is 46.5 Å². The molecular weight excluding hydrogens is 132 g/mol. The second-order valence-corrected chi connectivity index (χ2v) is 5.38. The molecule has 0 radical (unpaired) electrons. The van der Waals surface area contributed by atoms with Gasteiger partial charge in [0.1, 0.15) is 0 Å². The van der Waals surface area contributed by atoms with E-state index in [2.05, 4.69) is 20.8 Å². The van der Waals surface area contributed by atoms with Crippen LogP contribution in [0.1, 0.15) is 46.5 Å². The van der Waals surface area contributed by atoms with Gasteiger partial charge < -0.3 is 0 Å². The maximum absolute atomic E-state index is 2.50. The van der Waals surface area contributed by atoms with Gasteiger partial charge in [-0.2, -0.15) is 0 Å². The topological polar surface area (TPSA) is 0 Å². The van der Waals surface area contributed by atoms with Crippen molar-refractivity contribution in [3.63, 3.8) is 0 Å². The molecule has 2 aliphatic rings. The molecule has 4 unspecified atom stereocenters. The lowest BCUT2D eigenvalue weighted by molar-refractivity contribution is 0.180. The molecule has 0 aliphatic heterocycles. The molecule has 0 amide bonds. The van der Waals surface area contributed by atoms with Crippen LogP contribution in [-0.2, 0) is 0 Å². The third kappa shape index (κ3) is 1.11. The highest BCUT2D eigenvalue weighted by Gasteiger charge is 2.45. The molecule has 0 saturated heterocycles. The van der Waals surface area contributed by atoms with Crippen LogP contribution >= 0.6 is 0 Å². The van der Waals surface area contributed by atoms with Crippen LogP contribution in [0.5, 0.6) is 0 Å². The average Bonchev–Trinajstić information content (AvgIpc) is 2.18. The van der Waals surface area contributed by atoms with E-state index in [1.807, 2.05) is 0 Å². The van der Waals surface area contributed by atoms with E-state index in [1.165, 1.54) is 25.7 Å². The Bertz CT molecular complexity index is 161. The smallest absolute Gasteiger partial charge is 0.0320 e. The highest BCUT2D eigenvalue weighted by Crippen LogP contribution is 2.55. The van der Waals surface area contributed by atoms with Gasteiger partial charge in [0.2, 0.25) is 0 Å². The predicted molar refractivity (Wildman–Crippen MR) is 48.4 cm³/mol. The molecule has 2 fully saturated rings. The first kappa shape index (κ1) is 7.64. The van der Waals surface area contributed by atoms with E-state index in [-0.39, 0.29) is 0 Å². The molecule has 4 atom stereocenters. The van der Waals surface area contributed by atoms with Crippen molar-refractivity contribution < 1.29 is 0 Å². The third-order valence-corrected chi connectivity index (χ3v) is 4.21.